The molecule has 0 aromatic heterocycles. The first kappa shape index (κ1) is 53.3. The normalized spacial score (nSPS) is 21.3. The molecule has 344 valence electrons. The summed E-state index contributed by atoms with van der Waals surface area (Å²) in [4.78, 5) is 64.4. The van der Waals surface area contributed by atoms with Gasteiger partial charge in [-0.05, 0) is 67.6 Å². The Morgan fingerprint density at radius 3 is 1.68 bits per heavy atom. The lowest BCUT2D eigenvalue weighted by Gasteiger charge is -2.33. The molecule has 0 aromatic carbocycles. The van der Waals surface area contributed by atoms with Gasteiger partial charge in [0.25, 0.3) is 0 Å². The van der Waals surface area contributed by atoms with Gasteiger partial charge in [0.05, 0.1) is 36.6 Å². The van der Waals surface area contributed by atoms with E-state index in [1.807, 2.05) is 55.4 Å². The van der Waals surface area contributed by atoms with Gasteiger partial charge in [0.1, 0.15) is 12.1 Å². The first-order chi connectivity index (χ1) is 27.6. The van der Waals surface area contributed by atoms with Gasteiger partial charge in [-0.15, -0.1) is 0 Å². The van der Waals surface area contributed by atoms with E-state index < -0.39 is 74.7 Å². The number of amides is 4. The summed E-state index contributed by atoms with van der Waals surface area (Å²) >= 11 is 0. The Morgan fingerprint density at radius 2 is 1.19 bits per heavy atom. The number of hydrogen-bond donors (Lipinski definition) is 8. The zero-order valence-electron chi connectivity index (χ0n) is 37.5. The predicted molar refractivity (Wildman–Crippen MR) is 235 cm³/mol. The number of aliphatic hydroxyl groups excluding tert-OH is 1. The van der Waals surface area contributed by atoms with Gasteiger partial charge in [-0.1, -0.05) is 100 Å². The number of nitrogens with two attached hydrogens (primary N) is 2. The van der Waals surface area contributed by atoms with E-state index in [-0.39, 0.29) is 73.2 Å². The van der Waals surface area contributed by atoms with E-state index >= 15 is 4.57 Å². The van der Waals surface area contributed by atoms with E-state index in [1.165, 1.54) is 0 Å². The number of nitrogens with one attached hydrogen (secondary N) is 4. The van der Waals surface area contributed by atoms with Crippen molar-refractivity contribution in [2.45, 2.75) is 169 Å². The SMILES string of the molecule is CCC(C)[C@H](NC(=O)[C@@H](N)C(C)C)C(=O)NC[C@@H](O)CP(=O)(CC1CCCCC1)O[C@H](CNC(=O)[C@@H](CC(C)C)NC(=O)[C@@H](N)C(C)C)CP(=O)(O)CC1CCCCC1. The average Bonchev–Trinajstić information content (AvgIpc) is 3.16. The molecule has 9 atom stereocenters. The zero-order valence-corrected chi connectivity index (χ0v) is 39.2. The Morgan fingerprint density at radius 1 is 0.695 bits per heavy atom. The molecule has 2 aliphatic carbocycles. The molecule has 4 amide bonds. The molecule has 0 aliphatic heterocycles. The summed E-state index contributed by atoms with van der Waals surface area (Å²) < 4.78 is 35.5. The molecule has 15 nitrogen and oxygen atoms in total. The Balaban J connectivity index is 2.37. The fourth-order valence-corrected chi connectivity index (χ4v) is 13.3. The van der Waals surface area contributed by atoms with E-state index in [4.69, 9.17) is 16.0 Å². The third kappa shape index (κ3) is 19.8. The van der Waals surface area contributed by atoms with Crippen LogP contribution in [-0.2, 0) is 32.8 Å². The quantitative estimate of drug-likeness (QED) is 0.0553. The Hall–Kier alpha value is -1.86. The van der Waals surface area contributed by atoms with E-state index in [0.717, 1.165) is 64.2 Å². The smallest absolute Gasteiger partial charge is 0.242 e. The summed E-state index contributed by atoms with van der Waals surface area (Å²) in [6, 6.07) is -3.46. The molecule has 0 radical (unpaired) electrons. The van der Waals surface area contributed by atoms with Crippen LogP contribution in [-0.4, -0.2) is 108 Å². The van der Waals surface area contributed by atoms with Gasteiger partial charge in [0.15, 0.2) is 0 Å². The van der Waals surface area contributed by atoms with Gasteiger partial charge in [-0.3, -0.25) is 28.3 Å². The maximum Gasteiger partial charge on any atom is 0.242 e. The standard InChI is InChI=1S/C42H82N6O9P2/c1-9-30(8)38(48-41(52)37(44)29(6)7)42(53)45-21-33(49)25-59(56,24-32-18-14-11-15-19-32)57-34(26-58(54,55)23-31-16-12-10-13-17-31)22-46-39(50)35(20-27(2)3)47-40(51)36(43)28(4)5/h27-38,49H,9-26,43-44H2,1-8H3,(H,45,53)(H,46,50)(H,47,51)(H,48,52)(H,54,55)/t30?,33-,34-,35-,36+,37+,38+,59?/m1/s1. The molecule has 17 heteroatoms. The Kier molecular flexibility index (Phi) is 23.4. The predicted octanol–water partition coefficient (Wildman–Crippen LogP) is 4.70. The van der Waals surface area contributed by atoms with Crippen molar-refractivity contribution in [2.24, 2.45) is 47.0 Å². The number of hydrogen-bond acceptors (Lipinski definition) is 10. The zero-order chi connectivity index (χ0) is 44.5. The van der Waals surface area contributed by atoms with Crippen LogP contribution in [0.25, 0.3) is 0 Å². The highest BCUT2D eigenvalue weighted by Gasteiger charge is 2.38. The molecular formula is C42H82N6O9P2. The topological polar surface area (TPSA) is 252 Å². The minimum Gasteiger partial charge on any atom is -0.391 e. The van der Waals surface area contributed by atoms with Crippen molar-refractivity contribution in [3.63, 3.8) is 0 Å². The highest BCUT2D eigenvalue weighted by Crippen LogP contribution is 2.54. The second-order valence-electron chi connectivity index (χ2n) is 18.9. The van der Waals surface area contributed by atoms with Crippen LogP contribution in [0, 0.1) is 35.5 Å². The monoisotopic (exact) mass is 877 g/mol. The van der Waals surface area contributed by atoms with Crippen molar-refractivity contribution in [3.8, 4) is 0 Å². The summed E-state index contributed by atoms with van der Waals surface area (Å²) in [6.45, 7) is 14.3. The summed E-state index contributed by atoms with van der Waals surface area (Å²) in [6.07, 6.45) is 7.42. The minimum absolute atomic E-state index is 0.0357. The molecule has 3 unspecified atom stereocenters. The minimum atomic E-state index is -3.85. The number of rotatable bonds is 26. The van der Waals surface area contributed by atoms with Crippen molar-refractivity contribution in [3.05, 3.63) is 0 Å². The molecule has 0 bridgehead atoms. The molecule has 10 N–H and O–H groups in total. The lowest BCUT2D eigenvalue weighted by atomic mass is 9.91. The lowest BCUT2D eigenvalue weighted by molar-refractivity contribution is -0.131. The summed E-state index contributed by atoms with van der Waals surface area (Å²) in [5, 5.41) is 22.5. The first-order valence-corrected chi connectivity index (χ1v) is 26.5. The molecule has 59 heavy (non-hydrogen) atoms. The van der Waals surface area contributed by atoms with Crippen molar-refractivity contribution in [2.75, 3.05) is 37.7 Å². The fourth-order valence-electron chi connectivity index (χ4n) is 8.08. The number of aliphatic hydroxyl groups is 1. The van der Waals surface area contributed by atoms with Gasteiger partial charge in [0.2, 0.25) is 38.4 Å². The van der Waals surface area contributed by atoms with Crippen LogP contribution in [0.15, 0.2) is 0 Å². The largest absolute Gasteiger partial charge is 0.391 e. The van der Waals surface area contributed by atoms with Crippen LogP contribution < -0.4 is 32.7 Å². The van der Waals surface area contributed by atoms with E-state index in [0.29, 0.717) is 12.8 Å². The Bertz CT molecular complexity index is 1410. The summed E-state index contributed by atoms with van der Waals surface area (Å²) in [7, 11) is -7.65. The maximum absolute atomic E-state index is 15.1. The van der Waals surface area contributed by atoms with Gasteiger partial charge in [0, 0.05) is 25.4 Å². The number of carbonyl (C=O) groups excluding carboxylic acids is 4. The van der Waals surface area contributed by atoms with Crippen LogP contribution in [0.2, 0.25) is 0 Å². The van der Waals surface area contributed by atoms with E-state index in [9.17, 15) is 33.7 Å². The molecular weight excluding hydrogens is 794 g/mol. The highest BCUT2D eigenvalue weighted by molar-refractivity contribution is 7.59. The van der Waals surface area contributed by atoms with Gasteiger partial charge >= 0.3 is 0 Å². The fraction of sp³-hybridized carbons (Fsp3) is 0.905. The second kappa shape index (κ2) is 25.9. The third-order valence-electron chi connectivity index (χ3n) is 12.0. The number of carbonyl (C=O) groups is 4. The third-order valence-corrected chi connectivity index (χ3v) is 16.8. The van der Waals surface area contributed by atoms with Gasteiger partial charge in [-0.25, -0.2) is 0 Å². The average molecular weight is 877 g/mol. The second-order valence-corrected chi connectivity index (χ2v) is 23.9. The maximum atomic E-state index is 15.1. The summed E-state index contributed by atoms with van der Waals surface area (Å²) in [5.74, 6) is -2.32. The molecule has 2 saturated carbocycles. The molecule has 2 fully saturated rings. The lowest BCUT2D eigenvalue weighted by Crippen LogP contribution is -2.56. The van der Waals surface area contributed by atoms with Crippen LogP contribution >= 0.6 is 14.7 Å². The van der Waals surface area contributed by atoms with E-state index in [1.54, 1.807) is 0 Å². The molecule has 0 heterocycles. The first-order valence-electron chi connectivity index (χ1n) is 22.5. The van der Waals surface area contributed by atoms with Crippen molar-refractivity contribution < 1.29 is 42.8 Å². The summed E-state index contributed by atoms with van der Waals surface area (Å²) in [5.41, 5.74) is 12.1. The molecule has 0 aromatic rings. The van der Waals surface area contributed by atoms with Crippen LogP contribution in [0.1, 0.15) is 132 Å². The van der Waals surface area contributed by atoms with Crippen molar-refractivity contribution in [1.82, 2.24) is 21.3 Å². The Labute approximate surface area is 355 Å². The van der Waals surface area contributed by atoms with Crippen LogP contribution in [0.4, 0.5) is 0 Å². The van der Waals surface area contributed by atoms with Crippen LogP contribution in [0.3, 0.4) is 0 Å². The van der Waals surface area contributed by atoms with Crippen molar-refractivity contribution in [1.29, 1.82) is 0 Å². The van der Waals surface area contributed by atoms with Crippen LogP contribution in [0.5, 0.6) is 0 Å². The molecule has 2 aliphatic rings. The molecule has 2 rings (SSSR count). The highest BCUT2D eigenvalue weighted by atomic mass is 31.2. The van der Waals surface area contributed by atoms with Gasteiger partial charge < -0.3 is 47.3 Å². The van der Waals surface area contributed by atoms with Gasteiger partial charge in [-0.2, -0.15) is 0 Å². The van der Waals surface area contributed by atoms with E-state index in [2.05, 4.69) is 21.3 Å². The van der Waals surface area contributed by atoms with Crippen molar-refractivity contribution >= 4 is 38.4 Å². The molecule has 0 saturated heterocycles. The molecule has 0 spiro atoms.